The van der Waals surface area contributed by atoms with Gasteiger partial charge in [-0.05, 0) is 43.3 Å². The number of fused-ring (bicyclic) bond motifs is 3. The standard InChI is InChI=1S/C20H17N3O3/c1-13(24)14-6-8-16(9-7-14)22-19(25)11-23-20-15(10-21-23)12-26-18-5-3-2-4-17(18)20/h2-10H,11-12H2,1H3,(H,22,25). The number of hydrogen-bond donors (Lipinski definition) is 1. The van der Waals surface area contributed by atoms with E-state index in [-0.39, 0.29) is 18.2 Å². The molecule has 0 saturated heterocycles. The highest BCUT2D eigenvalue weighted by Gasteiger charge is 2.22. The van der Waals surface area contributed by atoms with Crippen molar-refractivity contribution in [1.82, 2.24) is 9.78 Å². The summed E-state index contributed by atoms with van der Waals surface area (Å²) >= 11 is 0. The minimum atomic E-state index is -0.185. The maximum absolute atomic E-state index is 12.4. The summed E-state index contributed by atoms with van der Waals surface area (Å²) in [7, 11) is 0. The summed E-state index contributed by atoms with van der Waals surface area (Å²) < 4.78 is 7.40. The number of carbonyl (C=O) groups is 2. The summed E-state index contributed by atoms with van der Waals surface area (Å²) in [5.74, 6) is 0.601. The molecule has 1 amide bonds. The molecular formula is C20H17N3O3. The molecule has 0 unspecified atom stereocenters. The summed E-state index contributed by atoms with van der Waals surface area (Å²) in [5.41, 5.74) is 4.06. The molecule has 6 nitrogen and oxygen atoms in total. The second-order valence-corrected chi connectivity index (χ2v) is 6.14. The van der Waals surface area contributed by atoms with E-state index in [0.717, 1.165) is 22.6 Å². The van der Waals surface area contributed by atoms with Crippen molar-refractivity contribution in [2.24, 2.45) is 0 Å². The topological polar surface area (TPSA) is 73.2 Å². The van der Waals surface area contributed by atoms with Gasteiger partial charge in [-0.25, -0.2) is 0 Å². The Morgan fingerprint density at radius 2 is 1.92 bits per heavy atom. The molecule has 1 N–H and O–H groups in total. The van der Waals surface area contributed by atoms with Crippen molar-refractivity contribution >= 4 is 17.4 Å². The van der Waals surface area contributed by atoms with Crippen LogP contribution in [0.25, 0.3) is 11.3 Å². The number of amides is 1. The first kappa shape index (κ1) is 16.1. The Hall–Kier alpha value is -3.41. The number of ether oxygens (including phenoxy) is 1. The monoisotopic (exact) mass is 347 g/mol. The molecule has 2 heterocycles. The molecule has 130 valence electrons. The lowest BCUT2D eigenvalue weighted by molar-refractivity contribution is -0.116. The highest BCUT2D eigenvalue weighted by Crippen LogP contribution is 2.36. The van der Waals surface area contributed by atoms with Gasteiger partial charge >= 0.3 is 0 Å². The zero-order valence-electron chi connectivity index (χ0n) is 14.2. The van der Waals surface area contributed by atoms with E-state index in [1.807, 2.05) is 24.3 Å². The number of ketones is 1. The molecule has 3 aromatic rings. The van der Waals surface area contributed by atoms with Crippen LogP contribution in [0, 0.1) is 0 Å². The second-order valence-electron chi connectivity index (χ2n) is 6.14. The molecule has 0 radical (unpaired) electrons. The maximum atomic E-state index is 12.4. The lowest BCUT2D eigenvalue weighted by atomic mass is 10.0. The summed E-state index contributed by atoms with van der Waals surface area (Å²) in [6, 6.07) is 14.6. The molecule has 26 heavy (non-hydrogen) atoms. The van der Waals surface area contributed by atoms with Gasteiger partial charge in [0.1, 0.15) is 18.9 Å². The second kappa shape index (κ2) is 6.48. The van der Waals surface area contributed by atoms with Gasteiger partial charge in [-0.1, -0.05) is 12.1 Å². The van der Waals surface area contributed by atoms with Gasteiger partial charge in [0, 0.05) is 22.4 Å². The first-order valence-corrected chi connectivity index (χ1v) is 8.29. The number of anilines is 1. The van der Waals surface area contributed by atoms with Crippen LogP contribution in [0.3, 0.4) is 0 Å². The van der Waals surface area contributed by atoms with Crippen LogP contribution in [0.5, 0.6) is 5.75 Å². The van der Waals surface area contributed by atoms with E-state index >= 15 is 0 Å². The molecule has 1 aliphatic heterocycles. The first-order chi connectivity index (χ1) is 12.6. The molecule has 0 saturated carbocycles. The number of nitrogens with zero attached hydrogens (tertiary/aromatic N) is 2. The van der Waals surface area contributed by atoms with Crippen molar-refractivity contribution in [3.05, 3.63) is 65.9 Å². The Morgan fingerprint density at radius 3 is 2.69 bits per heavy atom. The number of benzene rings is 2. The van der Waals surface area contributed by atoms with Crippen LogP contribution in [0.1, 0.15) is 22.8 Å². The van der Waals surface area contributed by atoms with E-state index in [1.165, 1.54) is 6.92 Å². The van der Waals surface area contributed by atoms with E-state index in [1.54, 1.807) is 35.1 Å². The fourth-order valence-corrected chi connectivity index (χ4v) is 3.03. The van der Waals surface area contributed by atoms with E-state index in [9.17, 15) is 9.59 Å². The molecule has 1 aromatic heterocycles. The Kier molecular flexibility index (Phi) is 4.01. The van der Waals surface area contributed by atoms with Gasteiger partial charge in [0.15, 0.2) is 5.78 Å². The average molecular weight is 347 g/mol. The molecular weight excluding hydrogens is 330 g/mol. The molecule has 4 rings (SSSR count). The third kappa shape index (κ3) is 2.97. The van der Waals surface area contributed by atoms with E-state index in [4.69, 9.17) is 4.74 Å². The fourth-order valence-electron chi connectivity index (χ4n) is 3.03. The van der Waals surface area contributed by atoms with Gasteiger partial charge in [-0.2, -0.15) is 5.10 Å². The zero-order chi connectivity index (χ0) is 18.1. The minimum Gasteiger partial charge on any atom is -0.488 e. The molecule has 0 aliphatic carbocycles. The van der Waals surface area contributed by atoms with Crippen molar-refractivity contribution in [3.63, 3.8) is 0 Å². The van der Waals surface area contributed by atoms with Gasteiger partial charge in [0.2, 0.25) is 5.91 Å². The number of Topliss-reactive ketones (excluding diaryl/α,β-unsaturated/α-hetero) is 1. The third-order valence-electron chi connectivity index (χ3n) is 4.31. The number of rotatable bonds is 4. The number of para-hydroxylation sites is 1. The largest absolute Gasteiger partial charge is 0.488 e. The lowest BCUT2D eigenvalue weighted by Gasteiger charge is -2.19. The molecule has 2 aromatic carbocycles. The number of hydrogen-bond acceptors (Lipinski definition) is 4. The Balaban J connectivity index is 1.53. The van der Waals surface area contributed by atoms with E-state index < -0.39 is 0 Å². The molecule has 0 bridgehead atoms. The smallest absolute Gasteiger partial charge is 0.246 e. The van der Waals surface area contributed by atoms with Crippen molar-refractivity contribution < 1.29 is 14.3 Å². The quantitative estimate of drug-likeness (QED) is 0.735. The van der Waals surface area contributed by atoms with Gasteiger partial charge in [0.25, 0.3) is 0 Å². The van der Waals surface area contributed by atoms with Crippen LogP contribution in [0.2, 0.25) is 0 Å². The Labute approximate surface area is 150 Å². The predicted octanol–water partition coefficient (Wildman–Crippen LogP) is 3.28. The highest BCUT2D eigenvalue weighted by molar-refractivity contribution is 5.95. The van der Waals surface area contributed by atoms with Gasteiger partial charge in [-0.3, -0.25) is 14.3 Å². The van der Waals surface area contributed by atoms with Crippen molar-refractivity contribution in [2.75, 3.05) is 5.32 Å². The Morgan fingerprint density at radius 1 is 1.15 bits per heavy atom. The molecule has 6 heteroatoms. The SMILES string of the molecule is CC(=O)c1ccc(NC(=O)Cn2ncc3c2-c2ccccc2OC3)cc1. The predicted molar refractivity (Wildman–Crippen MR) is 97.1 cm³/mol. The average Bonchev–Trinajstić information content (AvgIpc) is 3.05. The molecule has 0 spiro atoms. The van der Waals surface area contributed by atoms with Crippen molar-refractivity contribution in [1.29, 1.82) is 0 Å². The molecule has 0 atom stereocenters. The summed E-state index contributed by atoms with van der Waals surface area (Å²) in [5, 5.41) is 7.18. The Bertz CT molecular complexity index is 990. The lowest BCUT2D eigenvalue weighted by Crippen LogP contribution is -2.20. The van der Waals surface area contributed by atoms with Crippen molar-refractivity contribution in [3.8, 4) is 17.0 Å². The molecule has 0 fully saturated rings. The zero-order valence-corrected chi connectivity index (χ0v) is 14.2. The number of carbonyl (C=O) groups excluding carboxylic acids is 2. The highest BCUT2D eigenvalue weighted by atomic mass is 16.5. The van der Waals surface area contributed by atoms with Crippen LogP contribution < -0.4 is 10.1 Å². The molecule has 1 aliphatic rings. The summed E-state index contributed by atoms with van der Waals surface area (Å²) in [6.45, 7) is 2.05. The van der Waals surface area contributed by atoms with Crippen LogP contribution in [0.15, 0.2) is 54.7 Å². The normalized spacial score (nSPS) is 11.9. The maximum Gasteiger partial charge on any atom is 0.246 e. The fraction of sp³-hybridized carbons (Fsp3) is 0.150. The van der Waals surface area contributed by atoms with Crippen LogP contribution in [-0.4, -0.2) is 21.5 Å². The van der Waals surface area contributed by atoms with Crippen LogP contribution >= 0.6 is 0 Å². The summed E-state index contributed by atoms with van der Waals surface area (Å²) in [4.78, 5) is 23.7. The van der Waals surface area contributed by atoms with Gasteiger partial charge in [-0.15, -0.1) is 0 Å². The third-order valence-corrected chi connectivity index (χ3v) is 4.31. The minimum absolute atomic E-state index is 0.00747. The van der Waals surface area contributed by atoms with Gasteiger partial charge < -0.3 is 10.1 Å². The number of aromatic nitrogens is 2. The van der Waals surface area contributed by atoms with Crippen LogP contribution in [0.4, 0.5) is 5.69 Å². The first-order valence-electron chi connectivity index (χ1n) is 8.29. The van der Waals surface area contributed by atoms with Crippen LogP contribution in [-0.2, 0) is 17.9 Å². The van der Waals surface area contributed by atoms with E-state index in [2.05, 4.69) is 10.4 Å². The van der Waals surface area contributed by atoms with E-state index in [0.29, 0.717) is 17.9 Å². The summed E-state index contributed by atoms with van der Waals surface area (Å²) in [6.07, 6.45) is 1.74. The number of nitrogens with one attached hydrogen (secondary N) is 1. The van der Waals surface area contributed by atoms with Crippen molar-refractivity contribution in [2.45, 2.75) is 20.1 Å². The van der Waals surface area contributed by atoms with Gasteiger partial charge in [0.05, 0.1) is 11.9 Å².